The number of hydrogen-bond acceptors (Lipinski definition) is 2. The highest BCUT2D eigenvalue weighted by molar-refractivity contribution is 4.87. The van der Waals surface area contributed by atoms with Crippen molar-refractivity contribution in [2.75, 3.05) is 26.3 Å². The molecule has 1 radical (unpaired) electrons. The molecule has 0 saturated carbocycles. The van der Waals surface area contributed by atoms with Crippen molar-refractivity contribution in [1.29, 1.82) is 0 Å². The van der Waals surface area contributed by atoms with Gasteiger partial charge in [-0.2, -0.15) is 0 Å². The van der Waals surface area contributed by atoms with Crippen LogP contribution in [0.15, 0.2) is 12.7 Å². The van der Waals surface area contributed by atoms with Crippen molar-refractivity contribution in [3.8, 4) is 0 Å². The van der Waals surface area contributed by atoms with Gasteiger partial charge in [0.15, 0.2) is 0 Å². The van der Waals surface area contributed by atoms with Gasteiger partial charge in [0, 0.05) is 19.6 Å². The molecule has 1 fully saturated rings. The minimum Gasteiger partial charge on any atom is -0.379 e. The molecule has 0 aromatic heterocycles. The highest BCUT2D eigenvalue weighted by Gasteiger charge is 2.07. The Kier molecular flexibility index (Phi) is 2.74. The van der Waals surface area contributed by atoms with Gasteiger partial charge in [0.1, 0.15) is 0 Å². The van der Waals surface area contributed by atoms with E-state index in [1.165, 1.54) is 0 Å². The predicted octanol–water partition coefficient (Wildman–Crippen LogP) is 0.666. The maximum Gasteiger partial charge on any atom is 0.0594 e. The Labute approximate surface area is 56.1 Å². The van der Waals surface area contributed by atoms with E-state index in [1.807, 2.05) is 12.6 Å². The van der Waals surface area contributed by atoms with E-state index in [1.54, 1.807) is 0 Å². The molecule has 0 amide bonds. The third-order valence-electron chi connectivity index (χ3n) is 1.36. The average Bonchev–Trinajstić information content (AvgIpc) is 1.91. The van der Waals surface area contributed by atoms with Gasteiger partial charge in [-0.1, -0.05) is 6.08 Å². The zero-order valence-corrected chi connectivity index (χ0v) is 5.55. The normalized spacial score (nSPS) is 21.8. The standard InChI is InChI=1S/C7H12NO/c1-2-3-8-4-6-9-7-5-8/h2-3H,1,4-7H2/i6+1. The molecule has 0 aromatic carbocycles. The van der Waals surface area contributed by atoms with Gasteiger partial charge in [-0.05, 0) is 0 Å². The van der Waals surface area contributed by atoms with E-state index in [9.17, 15) is 0 Å². The Morgan fingerprint density at radius 3 is 2.56 bits per heavy atom. The summed E-state index contributed by atoms with van der Waals surface area (Å²) in [5.74, 6) is 0. The third kappa shape index (κ3) is 2.16. The van der Waals surface area contributed by atoms with Crippen molar-refractivity contribution in [1.82, 2.24) is 4.90 Å². The first-order chi connectivity index (χ1) is 4.43. The molecule has 0 bridgehead atoms. The summed E-state index contributed by atoms with van der Waals surface area (Å²) in [6.45, 7) is 9.33. The summed E-state index contributed by atoms with van der Waals surface area (Å²) in [6, 6.07) is 0. The molecule has 2 nitrogen and oxygen atoms in total. The second kappa shape index (κ2) is 3.64. The van der Waals surface area contributed by atoms with E-state index in [2.05, 4.69) is 11.5 Å². The van der Waals surface area contributed by atoms with Gasteiger partial charge < -0.3 is 4.74 Å². The summed E-state index contributed by atoms with van der Waals surface area (Å²) in [5, 5.41) is 0. The van der Waals surface area contributed by atoms with E-state index in [4.69, 9.17) is 4.74 Å². The smallest absolute Gasteiger partial charge is 0.0594 e. The largest absolute Gasteiger partial charge is 0.379 e. The molecule has 1 rings (SSSR count). The summed E-state index contributed by atoms with van der Waals surface area (Å²) in [5.41, 5.74) is 0. The fourth-order valence-electron chi connectivity index (χ4n) is 0.876. The van der Waals surface area contributed by atoms with Crippen molar-refractivity contribution in [3.05, 3.63) is 19.2 Å². The third-order valence-corrected chi connectivity index (χ3v) is 1.36. The lowest BCUT2D eigenvalue weighted by molar-refractivity contribution is 0.0537. The molecule has 0 atom stereocenters. The second-order valence-electron chi connectivity index (χ2n) is 2.03. The molecule has 1 aliphatic rings. The first-order valence-electron chi connectivity index (χ1n) is 3.21. The van der Waals surface area contributed by atoms with E-state index in [0.717, 1.165) is 26.3 Å². The van der Waals surface area contributed by atoms with E-state index < -0.39 is 0 Å². The second-order valence-corrected chi connectivity index (χ2v) is 2.03. The van der Waals surface area contributed by atoms with Crippen LogP contribution in [0.5, 0.6) is 0 Å². The fraction of sp³-hybridized carbons (Fsp3) is 0.571. The lowest BCUT2D eigenvalue weighted by atomic mass is 10.5. The van der Waals surface area contributed by atoms with Crippen molar-refractivity contribution in [2.24, 2.45) is 0 Å². The molecule has 51 valence electrons. The van der Waals surface area contributed by atoms with Crippen LogP contribution < -0.4 is 0 Å². The van der Waals surface area contributed by atoms with Crippen molar-refractivity contribution in [2.45, 2.75) is 0 Å². The van der Waals surface area contributed by atoms with Crippen LogP contribution in [-0.2, 0) is 4.74 Å². The van der Waals surface area contributed by atoms with Crippen LogP contribution >= 0.6 is 0 Å². The summed E-state index contributed by atoms with van der Waals surface area (Å²) in [7, 11) is 0. The zero-order valence-electron chi connectivity index (χ0n) is 5.55. The number of hydrogen-bond donors (Lipinski definition) is 0. The van der Waals surface area contributed by atoms with Crippen LogP contribution in [0.3, 0.4) is 0 Å². The summed E-state index contributed by atoms with van der Waals surface area (Å²) < 4.78 is 5.15. The van der Waals surface area contributed by atoms with Gasteiger partial charge in [0.2, 0.25) is 0 Å². The molecule has 9 heavy (non-hydrogen) atoms. The first-order valence-corrected chi connectivity index (χ1v) is 3.21. The molecule has 0 aromatic rings. The van der Waals surface area contributed by atoms with Crippen LogP contribution in [0.25, 0.3) is 0 Å². The monoisotopic (exact) mass is 127 g/mol. The highest BCUT2D eigenvalue weighted by atomic mass is 16.5. The fourth-order valence-corrected chi connectivity index (χ4v) is 0.876. The van der Waals surface area contributed by atoms with Gasteiger partial charge >= 0.3 is 0 Å². The maximum absolute atomic E-state index is 5.15. The topological polar surface area (TPSA) is 12.5 Å². The summed E-state index contributed by atoms with van der Waals surface area (Å²) in [6.07, 6.45) is 1.81. The van der Waals surface area contributed by atoms with Gasteiger partial charge in [0.25, 0.3) is 0 Å². The van der Waals surface area contributed by atoms with E-state index in [-0.39, 0.29) is 0 Å². The van der Waals surface area contributed by atoms with Crippen LogP contribution in [-0.4, -0.2) is 31.2 Å². The molecular formula is C7H12NO. The Morgan fingerprint density at radius 2 is 2.00 bits per heavy atom. The van der Waals surface area contributed by atoms with Crippen molar-refractivity contribution in [3.63, 3.8) is 0 Å². The average molecular weight is 127 g/mol. The van der Waals surface area contributed by atoms with Crippen LogP contribution in [0.1, 0.15) is 0 Å². The Bertz CT molecular complexity index is 86.9. The number of nitrogens with zero attached hydrogens (tertiary/aromatic N) is 1. The minimum atomic E-state index is 0.852. The van der Waals surface area contributed by atoms with Crippen LogP contribution in [0, 0.1) is 6.54 Å². The minimum absolute atomic E-state index is 0.852. The van der Waals surface area contributed by atoms with Gasteiger partial charge in [-0.25, -0.2) is 0 Å². The Balaban J connectivity index is 2.15. The zero-order chi connectivity index (χ0) is 6.53. The Morgan fingerprint density at radius 1 is 1.33 bits per heavy atom. The van der Waals surface area contributed by atoms with Crippen molar-refractivity contribution < 1.29 is 4.74 Å². The summed E-state index contributed by atoms with van der Waals surface area (Å²) in [4.78, 5) is 2.20. The van der Waals surface area contributed by atoms with Crippen LogP contribution in [0.4, 0.5) is 0 Å². The lowest BCUT2D eigenvalue weighted by Crippen LogP contribution is -2.33. The molecule has 1 saturated heterocycles. The van der Waals surface area contributed by atoms with Gasteiger partial charge in [-0.3, -0.25) is 4.90 Å². The highest BCUT2D eigenvalue weighted by Crippen LogP contribution is 1.98. The Hall–Kier alpha value is -0.340. The molecule has 1 heterocycles. The van der Waals surface area contributed by atoms with E-state index in [0.29, 0.717) is 0 Å². The lowest BCUT2D eigenvalue weighted by Gasteiger charge is -2.24. The van der Waals surface area contributed by atoms with E-state index >= 15 is 0 Å². The number of rotatable bonds is 2. The molecule has 2 heteroatoms. The van der Waals surface area contributed by atoms with Gasteiger partial charge in [-0.15, -0.1) is 6.58 Å². The molecule has 0 spiro atoms. The molecule has 1 aliphatic heterocycles. The number of ether oxygens (including phenoxy) is 1. The van der Waals surface area contributed by atoms with Gasteiger partial charge in [0.05, 0.1) is 13.2 Å². The van der Waals surface area contributed by atoms with Crippen molar-refractivity contribution >= 4 is 0 Å². The van der Waals surface area contributed by atoms with Crippen LogP contribution in [0.2, 0.25) is 0 Å². The first kappa shape index (κ1) is 6.78. The molecule has 0 N–H and O–H groups in total. The predicted molar refractivity (Wildman–Crippen MR) is 36.9 cm³/mol. The quantitative estimate of drug-likeness (QED) is 0.505. The SMILES string of the molecule is C=C[CH]N1CCO[13CH2]C1. The number of morpholine rings is 1. The molecule has 0 unspecified atom stereocenters. The molecule has 0 aliphatic carbocycles. The maximum atomic E-state index is 5.15. The summed E-state index contributed by atoms with van der Waals surface area (Å²) >= 11 is 0. The molecular weight excluding hydrogens is 115 g/mol.